The molecular weight excluding hydrogens is 390 g/mol. The minimum absolute atomic E-state index is 0.0159. The first-order valence-electron chi connectivity index (χ1n) is 10.7. The number of anilines is 1. The van der Waals surface area contributed by atoms with Crippen LogP contribution in [-0.4, -0.2) is 38.9 Å². The molecule has 0 unspecified atom stereocenters. The summed E-state index contributed by atoms with van der Waals surface area (Å²) in [4.78, 5) is 17.7. The first-order chi connectivity index (χ1) is 14.9. The van der Waals surface area contributed by atoms with E-state index in [9.17, 15) is 4.79 Å². The molecule has 5 rings (SSSR count). The van der Waals surface area contributed by atoms with Crippen LogP contribution >= 0.6 is 0 Å². The van der Waals surface area contributed by atoms with Gasteiger partial charge in [-0.25, -0.2) is 4.98 Å². The molecule has 31 heavy (non-hydrogen) atoms. The van der Waals surface area contributed by atoms with Crippen LogP contribution in [0.3, 0.4) is 0 Å². The highest BCUT2D eigenvalue weighted by Crippen LogP contribution is 2.38. The molecule has 160 valence electrons. The van der Waals surface area contributed by atoms with Gasteiger partial charge in [-0.15, -0.1) is 10.2 Å². The van der Waals surface area contributed by atoms with Gasteiger partial charge in [-0.05, 0) is 42.2 Å². The molecular formula is C24H27N5O2. The lowest BCUT2D eigenvalue weighted by atomic mass is 9.75. The molecule has 1 aliphatic carbocycles. The van der Waals surface area contributed by atoms with Gasteiger partial charge < -0.3 is 14.6 Å². The number of aromatic nitrogens is 4. The van der Waals surface area contributed by atoms with Crippen molar-refractivity contribution in [3.63, 3.8) is 0 Å². The summed E-state index contributed by atoms with van der Waals surface area (Å²) >= 11 is 0. The molecule has 0 bridgehead atoms. The van der Waals surface area contributed by atoms with Crippen molar-refractivity contribution in [3.8, 4) is 0 Å². The normalized spacial score (nSPS) is 18.3. The van der Waals surface area contributed by atoms with Gasteiger partial charge in [0.15, 0.2) is 0 Å². The van der Waals surface area contributed by atoms with Crippen LogP contribution in [0, 0.1) is 0 Å². The van der Waals surface area contributed by atoms with Crippen molar-refractivity contribution in [1.82, 2.24) is 19.7 Å². The quantitative estimate of drug-likeness (QED) is 0.689. The fourth-order valence-electron chi connectivity index (χ4n) is 4.58. The lowest BCUT2D eigenvalue weighted by Crippen LogP contribution is -2.49. The Morgan fingerprint density at radius 2 is 2.06 bits per heavy atom. The second-order valence-corrected chi connectivity index (χ2v) is 9.43. The van der Waals surface area contributed by atoms with Crippen LogP contribution < -0.4 is 5.32 Å². The van der Waals surface area contributed by atoms with Crippen LogP contribution in [0.15, 0.2) is 42.7 Å². The van der Waals surface area contributed by atoms with E-state index in [4.69, 9.17) is 9.72 Å². The topological polar surface area (TPSA) is 81.9 Å². The number of rotatable bonds is 5. The Labute approximate surface area is 181 Å². The molecule has 0 radical (unpaired) electrons. The second-order valence-electron chi connectivity index (χ2n) is 9.43. The monoisotopic (exact) mass is 417 g/mol. The van der Waals surface area contributed by atoms with Crippen molar-refractivity contribution in [3.05, 3.63) is 71.1 Å². The Morgan fingerprint density at radius 1 is 1.23 bits per heavy atom. The minimum Gasteiger partial charge on any atom is -0.379 e. The van der Waals surface area contributed by atoms with Gasteiger partial charge in [0.1, 0.15) is 17.8 Å². The maximum Gasteiger partial charge on any atom is 0.274 e. The molecule has 7 heteroatoms. The Kier molecular flexibility index (Phi) is 4.66. The molecule has 2 aromatic heterocycles. The predicted molar refractivity (Wildman–Crippen MR) is 117 cm³/mol. The van der Waals surface area contributed by atoms with Gasteiger partial charge in [-0.3, -0.25) is 4.79 Å². The number of ether oxygens (including phenoxy) is 1. The summed E-state index contributed by atoms with van der Waals surface area (Å²) < 4.78 is 7.52. The van der Waals surface area contributed by atoms with Gasteiger partial charge in [-0.2, -0.15) is 0 Å². The van der Waals surface area contributed by atoms with Gasteiger partial charge in [-0.1, -0.05) is 32.0 Å². The molecule has 0 saturated carbocycles. The summed E-state index contributed by atoms with van der Waals surface area (Å²) in [5.41, 5.74) is 4.50. The van der Waals surface area contributed by atoms with Gasteiger partial charge >= 0.3 is 0 Å². The Bertz CT molecular complexity index is 1150. The third-order valence-electron chi connectivity index (χ3n) is 6.66. The number of benzene rings is 1. The highest BCUT2D eigenvalue weighted by Gasteiger charge is 2.42. The fraction of sp³-hybridized carbons (Fsp3) is 0.417. The summed E-state index contributed by atoms with van der Waals surface area (Å²) in [5.74, 6) is 0.734. The molecule has 1 aromatic carbocycles. The maximum atomic E-state index is 13.0. The highest BCUT2D eigenvalue weighted by molar-refractivity contribution is 6.03. The first-order valence-corrected chi connectivity index (χ1v) is 10.7. The van der Waals surface area contributed by atoms with Crippen LogP contribution in [0.1, 0.15) is 53.4 Å². The van der Waals surface area contributed by atoms with Crippen molar-refractivity contribution in [1.29, 1.82) is 0 Å². The van der Waals surface area contributed by atoms with E-state index in [-0.39, 0.29) is 16.7 Å². The maximum absolute atomic E-state index is 13.0. The Balaban J connectivity index is 1.37. The average Bonchev–Trinajstić information content (AvgIpc) is 3.26. The number of pyridine rings is 1. The van der Waals surface area contributed by atoms with E-state index in [2.05, 4.69) is 35.4 Å². The van der Waals surface area contributed by atoms with E-state index >= 15 is 0 Å². The number of hydrogen-bond acceptors (Lipinski definition) is 5. The van der Waals surface area contributed by atoms with Crippen molar-refractivity contribution < 1.29 is 9.53 Å². The third kappa shape index (κ3) is 3.53. The molecule has 3 aromatic rings. The van der Waals surface area contributed by atoms with Crippen LogP contribution in [0.4, 0.5) is 5.69 Å². The van der Waals surface area contributed by atoms with E-state index < -0.39 is 0 Å². The Hall–Kier alpha value is -3.06. The van der Waals surface area contributed by atoms with E-state index in [1.807, 2.05) is 41.9 Å². The lowest BCUT2D eigenvalue weighted by Gasteiger charge is -2.41. The van der Waals surface area contributed by atoms with Crippen LogP contribution in [-0.2, 0) is 35.5 Å². The number of aryl methyl sites for hydroxylation is 2. The van der Waals surface area contributed by atoms with Crippen molar-refractivity contribution >= 4 is 11.6 Å². The van der Waals surface area contributed by atoms with Gasteiger partial charge in [0, 0.05) is 30.0 Å². The summed E-state index contributed by atoms with van der Waals surface area (Å²) in [6, 6.07) is 11.9. The van der Waals surface area contributed by atoms with Crippen molar-refractivity contribution in [2.45, 2.75) is 43.9 Å². The molecule has 7 nitrogen and oxygen atoms in total. The van der Waals surface area contributed by atoms with E-state index in [0.717, 1.165) is 42.0 Å². The molecule has 1 N–H and O–H groups in total. The number of hydrogen-bond donors (Lipinski definition) is 1. The third-order valence-corrected chi connectivity index (χ3v) is 6.66. The van der Waals surface area contributed by atoms with Crippen LogP contribution in [0.2, 0.25) is 0 Å². The summed E-state index contributed by atoms with van der Waals surface area (Å²) in [6.45, 7) is 5.62. The van der Waals surface area contributed by atoms with E-state index in [1.165, 1.54) is 5.56 Å². The molecule has 1 amide bonds. The molecule has 0 atom stereocenters. The van der Waals surface area contributed by atoms with Gasteiger partial charge in [0.2, 0.25) is 0 Å². The largest absolute Gasteiger partial charge is 0.379 e. The molecule has 3 heterocycles. The van der Waals surface area contributed by atoms with Crippen molar-refractivity contribution in [2.24, 2.45) is 7.05 Å². The number of carbonyl (C=O) groups is 1. The summed E-state index contributed by atoms with van der Waals surface area (Å²) in [5, 5.41) is 11.3. The highest BCUT2D eigenvalue weighted by atomic mass is 16.5. The first kappa shape index (κ1) is 19.9. The Morgan fingerprint density at radius 3 is 2.77 bits per heavy atom. The number of carbonyl (C=O) groups excluding carboxylic acids is 1. The lowest BCUT2D eigenvalue weighted by molar-refractivity contribution is -0.0610. The zero-order valence-electron chi connectivity index (χ0n) is 18.2. The smallest absolute Gasteiger partial charge is 0.274 e. The molecule has 1 saturated heterocycles. The van der Waals surface area contributed by atoms with Gasteiger partial charge in [0.25, 0.3) is 5.91 Å². The predicted octanol–water partition coefficient (Wildman–Crippen LogP) is 3.20. The standard InChI is InChI=1S/C24H27N5O2/c1-23(2)10-9-16-7-8-19(27-21(16)23)22(30)26-18-6-4-5-17(11-18)24(13-31-14-24)12-20-28-25-15-29(20)3/h4-8,11,15H,9-10,12-14H2,1-3H3,(H,26,30). The molecule has 2 aliphatic rings. The second kappa shape index (κ2) is 7.27. The zero-order valence-corrected chi connectivity index (χ0v) is 18.2. The summed E-state index contributed by atoms with van der Waals surface area (Å²) in [6.07, 6.45) is 4.54. The minimum atomic E-state index is -0.185. The SMILES string of the molecule is Cn1cnnc1CC1(c2cccc(NC(=O)c3ccc4c(n3)C(C)(C)CC4)c2)COC1. The van der Waals surface area contributed by atoms with Crippen LogP contribution in [0.5, 0.6) is 0 Å². The molecule has 1 aliphatic heterocycles. The fourth-order valence-corrected chi connectivity index (χ4v) is 4.58. The zero-order chi connectivity index (χ0) is 21.6. The average molecular weight is 418 g/mol. The number of nitrogens with one attached hydrogen (secondary N) is 1. The van der Waals surface area contributed by atoms with E-state index in [0.29, 0.717) is 18.9 Å². The number of nitrogens with zero attached hydrogens (tertiary/aromatic N) is 4. The molecule has 1 fully saturated rings. The van der Waals surface area contributed by atoms with Gasteiger partial charge in [0.05, 0.1) is 18.9 Å². The van der Waals surface area contributed by atoms with E-state index in [1.54, 1.807) is 6.33 Å². The molecule has 0 spiro atoms. The number of fused-ring (bicyclic) bond motifs is 1. The summed E-state index contributed by atoms with van der Waals surface area (Å²) in [7, 11) is 1.95. The number of amides is 1. The van der Waals surface area contributed by atoms with Crippen molar-refractivity contribution in [2.75, 3.05) is 18.5 Å². The van der Waals surface area contributed by atoms with Crippen LogP contribution in [0.25, 0.3) is 0 Å².